The van der Waals surface area contributed by atoms with E-state index in [1.54, 1.807) is 0 Å². The van der Waals surface area contributed by atoms with Gasteiger partial charge in [0, 0.05) is 43.5 Å². The Morgan fingerprint density at radius 3 is 1.80 bits per heavy atom. The summed E-state index contributed by atoms with van der Waals surface area (Å²) in [5, 5.41) is 2.11. The first-order valence-corrected chi connectivity index (χ1v) is 20.7. The second-order valence-electron chi connectivity index (χ2n) is 15.0. The van der Waals surface area contributed by atoms with E-state index in [1.807, 2.05) is 17.8 Å². The molecule has 1 aromatic heterocycles. The van der Waals surface area contributed by atoms with Gasteiger partial charge in [0.25, 0.3) is 0 Å². The highest BCUT2D eigenvalue weighted by atomic mass is 32.2. The number of nitrogens with zero attached hydrogens (tertiary/aromatic N) is 2. The van der Waals surface area contributed by atoms with Gasteiger partial charge in [-0.25, -0.2) is 0 Å². The number of anilines is 6. The third kappa shape index (κ3) is 4.99. The van der Waals surface area contributed by atoms with Gasteiger partial charge in [-0.1, -0.05) is 145 Å². The highest BCUT2D eigenvalue weighted by molar-refractivity contribution is 7.99. The summed E-state index contributed by atoms with van der Waals surface area (Å²) in [7, 11) is 0. The Morgan fingerprint density at radius 1 is 0.458 bits per heavy atom. The van der Waals surface area contributed by atoms with Crippen LogP contribution < -0.4 is 9.80 Å². The second kappa shape index (κ2) is 13.3. The molecule has 1 aliphatic carbocycles. The molecular weight excluding hydrogens is 737 g/mol. The molecule has 0 fully saturated rings. The number of hydrogen-bond acceptors (Lipinski definition) is 4. The number of rotatable bonds is 6. The first-order valence-electron chi connectivity index (χ1n) is 19.9. The molecule has 276 valence electrons. The molecule has 2 aliphatic rings. The third-order valence-electron chi connectivity index (χ3n) is 11.9. The topological polar surface area (TPSA) is 19.6 Å². The molecule has 12 rings (SSSR count). The maximum absolute atomic E-state index is 7.04. The largest absolute Gasteiger partial charge is 0.454 e. The Bertz CT molecular complexity index is 3130. The molecule has 2 heterocycles. The quantitative estimate of drug-likeness (QED) is 0.168. The van der Waals surface area contributed by atoms with Crippen molar-refractivity contribution >= 4 is 67.8 Å². The van der Waals surface area contributed by atoms with Gasteiger partial charge >= 0.3 is 0 Å². The SMILES string of the molecule is c1ccc2c(c#1)C1(c3ccccc3S2)c2ccccc2-c2ccc(N(c3ccccc3)c3ccc(N(c4ccccc4)c4ccccc4)c4c3oc3ccccc34)cc21. The van der Waals surface area contributed by atoms with Gasteiger partial charge in [-0.2, -0.15) is 0 Å². The van der Waals surface area contributed by atoms with Crippen molar-refractivity contribution in [2.24, 2.45) is 0 Å². The van der Waals surface area contributed by atoms with Crippen LogP contribution in [0.3, 0.4) is 0 Å². The second-order valence-corrected chi connectivity index (χ2v) is 16.1. The molecule has 3 nitrogen and oxygen atoms in total. The van der Waals surface area contributed by atoms with E-state index in [2.05, 4.69) is 222 Å². The summed E-state index contributed by atoms with van der Waals surface area (Å²) in [6, 6.07) is 80.8. The van der Waals surface area contributed by atoms with Gasteiger partial charge in [-0.3, -0.25) is 0 Å². The van der Waals surface area contributed by atoms with Crippen LogP contribution in [0, 0.1) is 12.1 Å². The van der Waals surface area contributed by atoms with E-state index in [1.165, 1.54) is 37.6 Å². The minimum atomic E-state index is -0.580. The molecule has 0 saturated heterocycles. The van der Waals surface area contributed by atoms with Gasteiger partial charge in [0.05, 0.1) is 22.2 Å². The number of fused-ring (bicyclic) bond motifs is 12. The fourth-order valence-electron chi connectivity index (χ4n) is 9.57. The molecule has 0 amide bonds. The Hall–Kier alpha value is -7.45. The summed E-state index contributed by atoms with van der Waals surface area (Å²) in [5.41, 5.74) is 14.7. The molecule has 0 saturated carbocycles. The van der Waals surface area contributed by atoms with Gasteiger partial charge in [0.15, 0.2) is 5.58 Å². The summed E-state index contributed by atoms with van der Waals surface area (Å²) in [5.74, 6) is 0. The lowest BCUT2D eigenvalue weighted by molar-refractivity contribution is 0.669. The van der Waals surface area contributed by atoms with E-state index in [4.69, 9.17) is 4.42 Å². The zero-order valence-electron chi connectivity index (χ0n) is 31.8. The van der Waals surface area contributed by atoms with Crippen LogP contribution in [0.2, 0.25) is 0 Å². The van der Waals surface area contributed by atoms with E-state index in [0.29, 0.717) is 0 Å². The van der Waals surface area contributed by atoms with Crippen LogP contribution >= 0.6 is 11.8 Å². The normalized spacial score (nSPS) is 13.0. The van der Waals surface area contributed by atoms with Gasteiger partial charge in [-0.15, -0.1) is 0 Å². The Morgan fingerprint density at radius 2 is 1.05 bits per heavy atom. The van der Waals surface area contributed by atoms with Gasteiger partial charge in [0.1, 0.15) is 5.58 Å². The van der Waals surface area contributed by atoms with E-state index in [0.717, 1.165) is 61.6 Å². The summed E-state index contributed by atoms with van der Waals surface area (Å²) in [6.07, 6.45) is 0. The zero-order chi connectivity index (χ0) is 38.9. The molecule has 59 heavy (non-hydrogen) atoms. The van der Waals surface area contributed by atoms with Crippen molar-refractivity contribution in [3.63, 3.8) is 0 Å². The summed E-state index contributed by atoms with van der Waals surface area (Å²) < 4.78 is 7.04. The molecular formula is C55H34N2OS. The molecule has 1 atom stereocenters. The predicted octanol–water partition coefficient (Wildman–Crippen LogP) is 15.0. The lowest BCUT2D eigenvalue weighted by Gasteiger charge is -2.38. The zero-order valence-corrected chi connectivity index (χ0v) is 32.7. The molecule has 1 spiro atoms. The highest BCUT2D eigenvalue weighted by Crippen LogP contribution is 2.62. The Balaban J connectivity index is 1.14. The molecule has 0 radical (unpaired) electrons. The van der Waals surface area contributed by atoms with Crippen LogP contribution in [0.1, 0.15) is 22.3 Å². The maximum Gasteiger partial charge on any atom is 0.161 e. The monoisotopic (exact) mass is 770 g/mol. The van der Waals surface area contributed by atoms with Gasteiger partial charge in [-0.05, 0) is 113 Å². The lowest BCUT2D eigenvalue weighted by Crippen LogP contribution is -2.31. The average Bonchev–Trinajstić information content (AvgIpc) is 3.83. The molecule has 9 aromatic carbocycles. The summed E-state index contributed by atoms with van der Waals surface area (Å²) in [4.78, 5) is 7.16. The van der Waals surface area contributed by atoms with Crippen molar-refractivity contribution < 1.29 is 4.42 Å². The molecule has 0 bridgehead atoms. The van der Waals surface area contributed by atoms with E-state index in [-0.39, 0.29) is 0 Å². The number of hydrogen-bond donors (Lipinski definition) is 0. The van der Waals surface area contributed by atoms with Crippen LogP contribution in [-0.4, -0.2) is 0 Å². The van der Waals surface area contributed by atoms with Crippen molar-refractivity contribution in [2.75, 3.05) is 9.80 Å². The molecule has 10 aromatic rings. The first-order chi connectivity index (χ1) is 29.3. The van der Waals surface area contributed by atoms with Crippen LogP contribution in [0.25, 0.3) is 33.1 Å². The standard InChI is InChI=1S/C55H34N2OS/c1-4-18-37(19-5-1)56(38-20-6-2-7-21-38)48-34-35-49(54-53(48)43-25-11-15-29-50(43)58-54)57(39-22-8-3-9-23-39)40-32-33-42-41-24-10-12-26-44(41)55(47(42)36-40)45-27-13-16-30-51(45)59-52-31-17-14-28-46(52)55/h1-13,15-27,29-36H. The average molecular weight is 771 g/mol. The van der Waals surface area contributed by atoms with Crippen LogP contribution in [-0.2, 0) is 5.41 Å². The fraction of sp³-hybridized carbons (Fsp3) is 0.0182. The van der Waals surface area contributed by atoms with Crippen molar-refractivity contribution in [3.8, 4) is 11.1 Å². The van der Waals surface area contributed by atoms with E-state index < -0.39 is 5.41 Å². The number of benzene rings is 8. The summed E-state index contributed by atoms with van der Waals surface area (Å²) >= 11 is 1.82. The van der Waals surface area contributed by atoms with Crippen molar-refractivity contribution in [3.05, 3.63) is 241 Å². The third-order valence-corrected chi connectivity index (χ3v) is 13.1. The highest BCUT2D eigenvalue weighted by Gasteiger charge is 2.50. The number of furan rings is 1. The van der Waals surface area contributed by atoms with Crippen molar-refractivity contribution in [2.45, 2.75) is 15.2 Å². The number of para-hydroxylation sites is 4. The minimum absolute atomic E-state index is 0.580. The molecule has 1 unspecified atom stereocenters. The Labute approximate surface area is 347 Å². The fourth-order valence-corrected chi connectivity index (χ4v) is 10.7. The lowest BCUT2D eigenvalue weighted by atomic mass is 9.67. The molecule has 4 heteroatoms. The molecule has 1 aliphatic heterocycles. The van der Waals surface area contributed by atoms with E-state index in [9.17, 15) is 0 Å². The Kier molecular flexibility index (Phi) is 7.60. The van der Waals surface area contributed by atoms with E-state index >= 15 is 0 Å². The van der Waals surface area contributed by atoms with Crippen molar-refractivity contribution in [1.82, 2.24) is 0 Å². The minimum Gasteiger partial charge on any atom is -0.454 e. The van der Waals surface area contributed by atoms with Crippen LogP contribution in [0.4, 0.5) is 34.1 Å². The van der Waals surface area contributed by atoms with Crippen molar-refractivity contribution in [1.29, 1.82) is 0 Å². The maximum atomic E-state index is 7.04. The van der Waals surface area contributed by atoms with Crippen LogP contribution in [0.5, 0.6) is 0 Å². The van der Waals surface area contributed by atoms with Crippen LogP contribution in [0.15, 0.2) is 220 Å². The molecule has 0 N–H and O–H groups in total. The van der Waals surface area contributed by atoms with Gasteiger partial charge in [0.2, 0.25) is 0 Å². The summed E-state index contributed by atoms with van der Waals surface area (Å²) in [6.45, 7) is 0. The predicted molar refractivity (Wildman–Crippen MR) is 242 cm³/mol. The van der Waals surface area contributed by atoms with Gasteiger partial charge < -0.3 is 14.2 Å². The smallest absolute Gasteiger partial charge is 0.161 e. The first kappa shape index (κ1) is 33.7.